The first-order chi connectivity index (χ1) is 12.9. The standard InChI is InChI=1S/C22H25N3O2/c1-13-4-8-18-16(10-13)6-7-17-11-14(2)5-9-19(17)22(18,12-15(3)23)20-24-21(26)27-25-20/h4-5,8-11,15H,6-7,12,23H2,1-3H3,(H,24,25,26)/t15-/m1/s1. The molecule has 0 saturated carbocycles. The van der Waals surface area contributed by atoms with Gasteiger partial charge in [-0.1, -0.05) is 52.7 Å². The Labute approximate surface area is 158 Å². The van der Waals surface area contributed by atoms with Crippen LogP contribution >= 0.6 is 0 Å². The lowest BCUT2D eigenvalue weighted by Gasteiger charge is -2.35. The summed E-state index contributed by atoms with van der Waals surface area (Å²) in [4.78, 5) is 14.7. The molecule has 2 aromatic carbocycles. The van der Waals surface area contributed by atoms with Gasteiger partial charge in [0.25, 0.3) is 0 Å². The summed E-state index contributed by atoms with van der Waals surface area (Å²) >= 11 is 0. The van der Waals surface area contributed by atoms with Crippen LogP contribution in [-0.2, 0) is 18.3 Å². The number of nitrogens with zero attached hydrogens (tertiary/aromatic N) is 1. The van der Waals surface area contributed by atoms with Crippen LogP contribution in [0.3, 0.4) is 0 Å². The summed E-state index contributed by atoms with van der Waals surface area (Å²) in [7, 11) is 0. The van der Waals surface area contributed by atoms with Crippen LogP contribution in [0.4, 0.5) is 0 Å². The Hall–Kier alpha value is -2.66. The first kappa shape index (κ1) is 17.7. The SMILES string of the molecule is Cc1ccc2c(c1)CCc1cc(C)ccc1C2(C[C@@H](C)N)c1noc(=O)[nH]1. The number of benzene rings is 2. The third kappa shape index (κ3) is 2.92. The topological polar surface area (TPSA) is 84.9 Å². The summed E-state index contributed by atoms with van der Waals surface area (Å²) in [5.74, 6) is -0.0116. The fourth-order valence-electron chi connectivity index (χ4n) is 4.57. The van der Waals surface area contributed by atoms with Gasteiger partial charge in [-0.15, -0.1) is 0 Å². The van der Waals surface area contributed by atoms with Gasteiger partial charge in [0.2, 0.25) is 0 Å². The molecule has 0 fully saturated rings. The second-order valence-electron chi connectivity index (χ2n) is 7.85. The van der Waals surface area contributed by atoms with Crippen molar-refractivity contribution in [2.45, 2.75) is 51.5 Å². The molecule has 140 valence electrons. The summed E-state index contributed by atoms with van der Waals surface area (Å²) in [5.41, 5.74) is 13.0. The third-order valence-electron chi connectivity index (χ3n) is 5.58. The lowest BCUT2D eigenvalue weighted by atomic mass is 9.68. The Balaban J connectivity index is 2.12. The summed E-state index contributed by atoms with van der Waals surface area (Å²) < 4.78 is 4.94. The minimum absolute atomic E-state index is 0.0911. The molecule has 5 nitrogen and oxygen atoms in total. The Morgan fingerprint density at radius 3 is 2.11 bits per heavy atom. The summed E-state index contributed by atoms with van der Waals surface area (Å²) in [6.07, 6.45) is 2.51. The smallest absolute Gasteiger partial charge is 0.328 e. The summed E-state index contributed by atoms with van der Waals surface area (Å²) in [5, 5.41) is 4.15. The molecule has 27 heavy (non-hydrogen) atoms. The van der Waals surface area contributed by atoms with Crippen LogP contribution in [0.5, 0.6) is 0 Å². The second-order valence-corrected chi connectivity index (χ2v) is 7.85. The molecule has 0 amide bonds. The summed E-state index contributed by atoms with van der Waals surface area (Å²) in [6.45, 7) is 6.20. The number of hydrogen-bond donors (Lipinski definition) is 2. The van der Waals surface area contributed by atoms with E-state index >= 15 is 0 Å². The maximum atomic E-state index is 11.9. The fraction of sp³-hybridized carbons (Fsp3) is 0.364. The number of nitrogens with two attached hydrogens (primary N) is 1. The van der Waals surface area contributed by atoms with Crippen molar-refractivity contribution in [3.05, 3.63) is 86.2 Å². The zero-order valence-corrected chi connectivity index (χ0v) is 16.0. The minimum atomic E-state index is -0.636. The number of aryl methyl sites for hydroxylation is 4. The van der Waals surface area contributed by atoms with Gasteiger partial charge in [0.1, 0.15) is 0 Å². The molecule has 5 heteroatoms. The van der Waals surface area contributed by atoms with Crippen molar-refractivity contribution < 1.29 is 4.52 Å². The van der Waals surface area contributed by atoms with Gasteiger partial charge < -0.3 is 5.73 Å². The average molecular weight is 363 g/mol. The average Bonchev–Trinajstić information content (AvgIpc) is 3.00. The molecule has 3 N–H and O–H groups in total. The molecule has 0 aliphatic heterocycles. The lowest BCUT2D eigenvalue weighted by Crippen LogP contribution is -2.38. The molecule has 0 spiro atoms. The molecule has 0 unspecified atom stereocenters. The Kier molecular flexibility index (Phi) is 4.27. The summed E-state index contributed by atoms with van der Waals surface area (Å²) in [6, 6.07) is 12.9. The van der Waals surface area contributed by atoms with Crippen molar-refractivity contribution in [2.75, 3.05) is 0 Å². The molecular weight excluding hydrogens is 338 g/mol. The van der Waals surface area contributed by atoms with E-state index < -0.39 is 11.2 Å². The molecule has 4 rings (SSSR count). The predicted octanol–water partition coefficient (Wildman–Crippen LogP) is 3.15. The highest BCUT2D eigenvalue weighted by atomic mass is 16.5. The number of rotatable bonds is 3. The number of nitrogens with one attached hydrogen (secondary N) is 1. The molecule has 1 aliphatic rings. The van der Waals surface area contributed by atoms with Crippen LogP contribution in [0, 0.1) is 13.8 Å². The number of aromatic amines is 1. The first-order valence-corrected chi connectivity index (χ1v) is 9.42. The normalized spacial score (nSPS) is 16.3. The van der Waals surface area contributed by atoms with Gasteiger partial charge in [0.15, 0.2) is 5.82 Å². The van der Waals surface area contributed by atoms with Crippen molar-refractivity contribution in [1.82, 2.24) is 10.1 Å². The molecule has 1 heterocycles. The quantitative estimate of drug-likeness (QED) is 0.749. The second kappa shape index (κ2) is 6.50. The molecule has 1 atom stereocenters. The van der Waals surface area contributed by atoms with Crippen molar-refractivity contribution >= 4 is 0 Å². The predicted molar refractivity (Wildman–Crippen MR) is 105 cm³/mol. The van der Waals surface area contributed by atoms with Crippen LogP contribution in [0.15, 0.2) is 45.7 Å². The van der Waals surface area contributed by atoms with E-state index in [1.54, 1.807) is 0 Å². The lowest BCUT2D eigenvalue weighted by molar-refractivity contribution is 0.366. The van der Waals surface area contributed by atoms with Crippen LogP contribution < -0.4 is 11.5 Å². The fourth-order valence-corrected chi connectivity index (χ4v) is 4.57. The monoisotopic (exact) mass is 363 g/mol. The third-order valence-corrected chi connectivity index (χ3v) is 5.58. The van der Waals surface area contributed by atoms with E-state index in [1.165, 1.54) is 22.3 Å². The van der Waals surface area contributed by atoms with E-state index in [0.29, 0.717) is 12.2 Å². The highest BCUT2D eigenvalue weighted by molar-refractivity contribution is 5.55. The van der Waals surface area contributed by atoms with E-state index in [1.807, 2.05) is 6.92 Å². The van der Waals surface area contributed by atoms with E-state index in [-0.39, 0.29) is 6.04 Å². The van der Waals surface area contributed by atoms with Crippen molar-refractivity contribution in [3.63, 3.8) is 0 Å². The molecule has 0 radical (unpaired) electrons. The largest absolute Gasteiger partial charge is 0.438 e. The number of hydrogen-bond acceptors (Lipinski definition) is 4. The van der Waals surface area contributed by atoms with Crippen molar-refractivity contribution in [3.8, 4) is 0 Å². The molecule has 1 aromatic heterocycles. The van der Waals surface area contributed by atoms with Crippen LogP contribution in [0.2, 0.25) is 0 Å². The van der Waals surface area contributed by atoms with Gasteiger partial charge in [0.05, 0.1) is 5.41 Å². The maximum absolute atomic E-state index is 11.9. The van der Waals surface area contributed by atoms with Crippen LogP contribution in [0.25, 0.3) is 0 Å². The van der Waals surface area contributed by atoms with Gasteiger partial charge in [0, 0.05) is 6.04 Å². The zero-order valence-electron chi connectivity index (χ0n) is 16.0. The Bertz CT molecular complexity index is 992. The van der Waals surface area contributed by atoms with Crippen LogP contribution in [-0.4, -0.2) is 16.2 Å². The van der Waals surface area contributed by atoms with E-state index in [9.17, 15) is 4.79 Å². The van der Waals surface area contributed by atoms with Crippen molar-refractivity contribution in [2.24, 2.45) is 5.73 Å². The molecule has 0 saturated heterocycles. The number of aromatic nitrogens is 2. The molecular formula is C22H25N3O2. The highest BCUT2D eigenvalue weighted by Gasteiger charge is 2.44. The Morgan fingerprint density at radius 1 is 1.11 bits per heavy atom. The molecule has 1 aliphatic carbocycles. The number of fused-ring (bicyclic) bond motifs is 2. The van der Waals surface area contributed by atoms with Gasteiger partial charge >= 0.3 is 5.76 Å². The molecule has 3 aromatic rings. The van der Waals surface area contributed by atoms with E-state index in [4.69, 9.17) is 10.3 Å². The van der Waals surface area contributed by atoms with Crippen LogP contribution in [0.1, 0.15) is 52.5 Å². The zero-order chi connectivity index (χ0) is 19.2. The van der Waals surface area contributed by atoms with Crippen molar-refractivity contribution in [1.29, 1.82) is 0 Å². The Morgan fingerprint density at radius 2 is 1.67 bits per heavy atom. The van der Waals surface area contributed by atoms with E-state index in [0.717, 1.165) is 24.0 Å². The van der Waals surface area contributed by atoms with E-state index in [2.05, 4.69) is 60.4 Å². The van der Waals surface area contributed by atoms with Gasteiger partial charge in [-0.2, -0.15) is 0 Å². The van der Waals surface area contributed by atoms with Gasteiger partial charge in [-0.3, -0.25) is 9.51 Å². The molecule has 0 bridgehead atoms. The van der Waals surface area contributed by atoms with Gasteiger partial charge in [-0.05, 0) is 62.3 Å². The minimum Gasteiger partial charge on any atom is -0.328 e. The first-order valence-electron chi connectivity index (χ1n) is 9.42. The maximum Gasteiger partial charge on any atom is 0.438 e. The van der Waals surface area contributed by atoms with Gasteiger partial charge in [-0.25, -0.2) is 4.79 Å². The number of H-pyrrole nitrogens is 1. The highest BCUT2D eigenvalue weighted by Crippen LogP contribution is 2.46.